The highest BCUT2D eigenvalue weighted by Crippen LogP contribution is 2.28. The van der Waals surface area contributed by atoms with Crippen LogP contribution in [-0.4, -0.2) is 43.6 Å². The minimum atomic E-state index is 0.0912. The molecule has 1 atom stereocenters. The Bertz CT molecular complexity index is 482. The molecular formula is C18H28N2O2. The molecule has 0 saturated carbocycles. The summed E-state index contributed by atoms with van der Waals surface area (Å²) in [6.45, 7) is 6.13. The van der Waals surface area contributed by atoms with Gasteiger partial charge < -0.3 is 15.0 Å². The van der Waals surface area contributed by atoms with Gasteiger partial charge in [-0.1, -0.05) is 32.0 Å². The summed E-state index contributed by atoms with van der Waals surface area (Å²) >= 11 is 0. The van der Waals surface area contributed by atoms with E-state index in [0.717, 1.165) is 38.1 Å². The summed E-state index contributed by atoms with van der Waals surface area (Å²) in [5, 5.41) is 3.28. The number of piperidine rings is 1. The van der Waals surface area contributed by atoms with E-state index >= 15 is 0 Å². The van der Waals surface area contributed by atoms with Crippen LogP contribution >= 0.6 is 0 Å². The molecule has 4 heteroatoms. The second-order valence-electron chi connectivity index (χ2n) is 6.08. The number of hydrogen-bond acceptors (Lipinski definition) is 3. The van der Waals surface area contributed by atoms with Crippen molar-refractivity contribution in [3.05, 3.63) is 29.8 Å². The van der Waals surface area contributed by atoms with E-state index in [1.54, 1.807) is 0 Å². The van der Waals surface area contributed by atoms with E-state index in [4.69, 9.17) is 4.74 Å². The van der Waals surface area contributed by atoms with E-state index < -0.39 is 0 Å². The van der Waals surface area contributed by atoms with E-state index in [1.165, 1.54) is 5.56 Å². The number of benzene rings is 1. The zero-order valence-electron chi connectivity index (χ0n) is 14.0. The Balaban J connectivity index is 1.89. The molecule has 1 fully saturated rings. The number of amides is 1. The number of para-hydroxylation sites is 1. The molecule has 1 N–H and O–H groups in total. The van der Waals surface area contributed by atoms with Gasteiger partial charge in [-0.3, -0.25) is 4.79 Å². The van der Waals surface area contributed by atoms with Gasteiger partial charge in [0.2, 0.25) is 0 Å². The number of nitrogens with zero attached hydrogens (tertiary/aromatic N) is 1. The number of nitrogens with one attached hydrogen (secondary N) is 1. The monoisotopic (exact) mass is 304 g/mol. The van der Waals surface area contributed by atoms with Gasteiger partial charge in [0.15, 0.2) is 6.61 Å². The quantitative estimate of drug-likeness (QED) is 0.878. The first-order valence-electron chi connectivity index (χ1n) is 8.32. The van der Waals surface area contributed by atoms with Gasteiger partial charge in [-0.2, -0.15) is 0 Å². The molecule has 22 heavy (non-hydrogen) atoms. The molecule has 0 radical (unpaired) electrons. The fourth-order valence-corrected chi connectivity index (χ4v) is 2.89. The molecule has 1 saturated heterocycles. The first kappa shape index (κ1) is 16.8. The molecule has 1 amide bonds. The molecule has 1 unspecified atom stereocenters. The lowest BCUT2D eigenvalue weighted by molar-refractivity contribution is -0.134. The molecule has 1 aliphatic heterocycles. The van der Waals surface area contributed by atoms with E-state index in [2.05, 4.69) is 25.2 Å². The number of carbonyl (C=O) groups excluding carboxylic acids is 1. The van der Waals surface area contributed by atoms with E-state index in [0.29, 0.717) is 12.0 Å². The van der Waals surface area contributed by atoms with Gasteiger partial charge >= 0.3 is 0 Å². The van der Waals surface area contributed by atoms with E-state index in [1.807, 2.05) is 30.1 Å². The van der Waals surface area contributed by atoms with Crippen LogP contribution in [0.15, 0.2) is 24.3 Å². The summed E-state index contributed by atoms with van der Waals surface area (Å²) in [4.78, 5) is 14.2. The molecule has 1 aromatic rings. The van der Waals surface area contributed by atoms with Crippen LogP contribution < -0.4 is 10.1 Å². The normalized spacial score (nSPS) is 17.3. The van der Waals surface area contributed by atoms with Crippen molar-refractivity contribution in [3.63, 3.8) is 0 Å². The first-order chi connectivity index (χ1) is 10.7. The van der Waals surface area contributed by atoms with Crippen molar-refractivity contribution in [2.24, 2.45) is 0 Å². The Kier molecular flexibility index (Phi) is 6.25. The zero-order valence-corrected chi connectivity index (χ0v) is 14.0. The summed E-state index contributed by atoms with van der Waals surface area (Å²) in [5.74, 6) is 1.38. The highest BCUT2D eigenvalue weighted by atomic mass is 16.5. The summed E-state index contributed by atoms with van der Waals surface area (Å²) in [5.41, 5.74) is 1.19. The summed E-state index contributed by atoms with van der Waals surface area (Å²) in [7, 11) is 1.98. The number of carbonyl (C=O) groups is 1. The van der Waals surface area contributed by atoms with Gasteiger partial charge in [-0.05, 0) is 43.9 Å². The smallest absolute Gasteiger partial charge is 0.260 e. The third kappa shape index (κ3) is 4.23. The molecule has 1 aliphatic rings. The first-order valence-corrected chi connectivity index (χ1v) is 8.32. The van der Waals surface area contributed by atoms with Crippen molar-refractivity contribution in [2.45, 2.75) is 45.1 Å². The molecule has 122 valence electrons. The maximum Gasteiger partial charge on any atom is 0.260 e. The largest absolute Gasteiger partial charge is 0.483 e. The van der Waals surface area contributed by atoms with Crippen molar-refractivity contribution in [1.82, 2.24) is 10.2 Å². The van der Waals surface area contributed by atoms with Crippen LogP contribution in [0.4, 0.5) is 0 Å². The molecule has 1 heterocycles. The number of hydrogen-bond donors (Lipinski definition) is 1. The SMILES string of the molecule is CCC(C)c1ccccc1OCC(=O)N1CCC(NC)CC1. The van der Waals surface area contributed by atoms with Crippen LogP contribution in [0.1, 0.15) is 44.6 Å². The van der Waals surface area contributed by atoms with Crippen molar-refractivity contribution in [2.75, 3.05) is 26.7 Å². The van der Waals surface area contributed by atoms with Gasteiger partial charge in [0, 0.05) is 19.1 Å². The van der Waals surface area contributed by atoms with E-state index in [-0.39, 0.29) is 12.5 Å². The van der Waals surface area contributed by atoms with Crippen molar-refractivity contribution in [1.29, 1.82) is 0 Å². The Hall–Kier alpha value is -1.55. The van der Waals surface area contributed by atoms with Crippen LogP contribution in [0.2, 0.25) is 0 Å². The highest BCUT2D eigenvalue weighted by Gasteiger charge is 2.22. The molecule has 0 bridgehead atoms. The molecule has 4 nitrogen and oxygen atoms in total. The molecular weight excluding hydrogens is 276 g/mol. The summed E-state index contributed by atoms with van der Waals surface area (Å²) in [6, 6.07) is 8.58. The molecule has 0 aliphatic carbocycles. The highest BCUT2D eigenvalue weighted by molar-refractivity contribution is 5.77. The Morgan fingerprint density at radius 2 is 2.05 bits per heavy atom. The second kappa shape index (κ2) is 8.18. The van der Waals surface area contributed by atoms with Crippen LogP contribution in [0, 0.1) is 0 Å². The van der Waals surface area contributed by atoms with Gasteiger partial charge in [0.05, 0.1) is 0 Å². The molecule has 2 rings (SSSR count). The fourth-order valence-electron chi connectivity index (χ4n) is 2.89. The number of likely N-dealkylation sites (tertiary alicyclic amines) is 1. The maximum atomic E-state index is 12.3. The number of rotatable bonds is 6. The summed E-state index contributed by atoms with van der Waals surface area (Å²) < 4.78 is 5.82. The maximum absolute atomic E-state index is 12.3. The Labute approximate surface area is 133 Å². The van der Waals surface area contributed by atoms with Gasteiger partial charge in [-0.15, -0.1) is 0 Å². The number of ether oxygens (including phenoxy) is 1. The lowest BCUT2D eigenvalue weighted by Crippen LogP contribution is -2.45. The summed E-state index contributed by atoms with van der Waals surface area (Å²) in [6.07, 6.45) is 3.10. The lowest BCUT2D eigenvalue weighted by atomic mass is 9.98. The Morgan fingerprint density at radius 1 is 1.36 bits per heavy atom. The van der Waals surface area contributed by atoms with Crippen molar-refractivity contribution >= 4 is 5.91 Å². The molecule has 1 aromatic carbocycles. The van der Waals surface area contributed by atoms with Crippen molar-refractivity contribution in [3.8, 4) is 5.75 Å². The minimum absolute atomic E-state index is 0.0912. The van der Waals surface area contributed by atoms with Crippen LogP contribution in [0.3, 0.4) is 0 Å². The molecule has 0 aromatic heterocycles. The van der Waals surface area contributed by atoms with Gasteiger partial charge in [-0.25, -0.2) is 0 Å². The van der Waals surface area contributed by atoms with Crippen LogP contribution in [-0.2, 0) is 4.79 Å². The minimum Gasteiger partial charge on any atom is -0.483 e. The van der Waals surface area contributed by atoms with Crippen LogP contribution in [0.25, 0.3) is 0 Å². The van der Waals surface area contributed by atoms with E-state index in [9.17, 15) is 4.79 Å². The predicted molar refractivity (Wildman–Crippen MR) is 89.3 cm³/mol. The molecule has 0 spiro atoms. The van der Waals surface area contributed by atoms with Crippen LogP contribution in [0.5, 0.6) is 5.75 Å². The third-order valence-electron chi connectivity index (χ3n) is 4.67. The van der Waals surface area contributed by atoms with Crippen molar-refractivity contribution < 1.29 is 9.53 Å². The average Bonchev–Trinajstić information content (AvgIpc) is 2.59. The average molecular weight is 304 g/mol. The standard InChI is InChI=1S/C18H28N2O2/c1-4-14(2)16-7-5-6-8-17(16)22-13-18(21)20-11-9-15(19-3)10-12-20/h5-8,14-15,19H,4,9-13H2,1-3H3. The predicted octanol–water partition coefficient (Wildman–Crippen LogP) is 2.79. The fraction of sp³-hybridized carbons (Fsp3) is 0.611. The zero-order chi connectivity index (χ0) is 15.9. The Morgan fingerprint density at radius 3 is 2.68 bits per heavy atom. The third-order valence-corrected chi connectivity index (χ3v) is 4.67. The van der Waals surface area contributed by atoms with Gasteiger partial charge in [0.25, 0.3) is 5.91 Å². The second-order valence-corrected chi connectivity index (χ2v) is 6.08. The topological polar surface area (TPSA) is 41.6 Å². The van der Waals surface area contributed by atoms with Gasteiger partial charge in [0.1, 0.15) is 5.75 Å². The lowest BCUT2D eigenvalue weighted by Gasteiger charge is -2.31.